The molecule has 34 heavy (non-hydrogen) atoms. The molecule has 2 aromatic carbocycles. The Morgan fingerprint density at radius 3 is 2.56 bits per heavy atom. The van der Waals surface area contributed by atoms with Crippen LogP contribution in [-0.2, 0) is 9.53 Å². The van der Waals surface area contributed by atoms with Crippen LogP contribution in [0.4, 0.5) is 6.01 Å². The van der Waals surface area contributed by atoms with E-state index in [2.05, 4.69) is 36.8 Å². The molecular weight excluding hydrogens is 570 g/mol. The van der Waals surface area contributed by atoms with E-state index in [1.165, 1.54) is 4.57 Å². The molecule has 0 aliphatic carbocycles. The Hall–Kier alpha value is -3.37. The van der Waals surface area contributed by atoms with Gasteiger partial charge in [-0.25, -0.2) is 14.2 Å². The van der Waals surface area contributed by atoms with Crippen molar-refractivity contribution in [2.24, 2.45) is 0 Å². The minimum Gasteiger partial charge on any atom is -0.462 e. The van der Waals surface area contributed by atoms with Gasteiger partial charge in [0, 0.05) is 8.95 Å². The summed E-state index contributed by atoms with van der Waals surface area (Å²) >= 11 is 7.04. The summed E-state index contributed by atoms with van der Waals surface area (Å²) < 4.78 is 19.7. The molecule has 0 unspecified atom stereocenters. The lowest BCUT2D eigenvalue weighted by Crippen LogP contribution is -2.37. The molecule has 0 fully saturated rings. The molecule has 2 aromatic heterocycles. The lowest BCUT2D eigenvalue weighted by Gasteiger charge is -2.22. The number of anilines is 1. The van der Waals surface area contributed by atoms with Gasteiger partial charge >= 0.3 is 11.6 Å². The van der Waals surface area contributed by atoms with Crippen molar-refractivity contribution in [1.29, 1.82) is 0 Å². The molecule has 5 rings (SSSR count). The van der Waals surface area contributed by atoms with Crippen molar-refractivity contribution >= 4 is 55.5 Å². The van der Waals surface area contributed by atoms with Crippen molar-refractivity contribution in [2.75, 3.05) is 12.3 Å². The van der Waals surface area contributed by atoms with E-state index < -0.39 is 17.5 Å². The Morgan fingerprint density at radius 1 is 1.15 bits per heavy atom. The van der Waals surface area contributed by atoms with Crippen LogP contribution in [0, 0.1) is 0 Å². The van der Waals surface area contributed by atoms with Crippen LogP contribution in [-0.4, -0.2) is 22.1 Å². The van der Waals surface area contributed by atoms with Gasteiger partial charge in [-0.1, -0.05) is 68.3 Å². The van der Waals surface area contributed by atoms with Gasteiger partial charge in [-0.05, 0) is 36.3 Å². The Labute approximate surface area is 209 Å². The zero-order valence-corrected chi connectivity index (χ0v) is 20.9. The molecular formula is C24H17Br2N3O5. The molecule has 0 saturated heterocycles. The highest BCUT2D eigenvalue weighted by Gasteiger charge is 2.40. The second kappa shape index (κ2) is 8.77. The summed E-state index contributed by atoms with van der Waals surface area (Å²) in [6.07, 6.45) is 1.64. The normalized spacial score (nSPS) is 15.2. The first-order valence-electron chi connectivity index (χ1n) is 10.3. The number of rotatable bonds is 4. The number of benzene rings is 2. The van der Waals surface area contributed by atoms with E-state index in [1.807, 2.05) is 48.5 Å². The highest BCUT2D eigenvalue weighted by molar-refractivity contribution is 9.10. The van der Waals surface area contributed by atoms with Crippen LogP contribution in [0.2, 0.25) is 0 Å². The van der Waals surface area contributed by atoms with Gasteiger partial charge < -0.3 is 19.3 Å². The van der Waals surface area contributed by atoms with Crippen LogP contribution in [0.1, 0.15) is 29.7 Å². The lowest BCUT2D eigenvalue weighted by atomic mass is 9.87. The number of nitrogen functional groups attached to an aromatic ring is 1. The number of hydrogen-bond donors (Lipinski definition) is 1. The van der Waals surface area contributed by atoms with Crippen LogP contribution in [0.25, 0.3) is 17.5 Å². The molecule has 1 aliphatic heterocycles. The number of ether oxygens (including phenoxy) is 1. The first-order chi connectivity index (χ1) is 16.4. The summed E-state index contributed by atoms with van der Waals surface area (Å²) in [7, 11) is 0. The van der Waals surface area contributed by atoms with Crippen molar-refractivity contribution in [3.63, 3.8) is 0 Å². The van der Waals surface area contributed by atoms with Gasteiger partial charge in [0.2, 0.25) is 11.4 Å². The summed E-state index contributed by atoms with van der Waals surface area (Å²) in [5.74, 6) is -1.18. The number of fused-ring (bicyclic) bond motifs is 3. The Kier molecular flexibility index (Phi) is 5.78. The Balaban J connectivity index is 1.94. The molecule has 2 N–H and O–H groups in total. The third-order valence-electron chi connectivity index (χ3n) is 5.40. The Morgan fingerprint density at radius 2 is 1.85 bits per heavy atom. The standard InChI is InChI=1S/C24H17Br2N3O5/c1-2-32-23(31)18-17(13-8-4-6-10-15(13)26)19-21(34-24(27)28-19)29-16(22(30)33-20(18)29)11-12-7-3-5-9-14(12)25/h3-11,17H,2H2,1H3,(H2,27,28)/b16-11+/t17-/m1/s1. The first-order valence-corrected chi connectivity index (χ1v) is 11.9. The molecule has 3 heterocycles. The van der Waals surface area contributed by atoms with Crippen LogP contribution in [0.5, 0.6) is 0 Å². The van der Waals surface area contributed by atoms with E-state index in [1.54, 1.807) is 13.0 Å². The number of hydrogen-bond acceptors (Lipinski definition) is 7. The predicted octanol–water partition coefficient (Wildman–Crippen LogP) is 3.21. The van der Waals surface area contributed by atoms with Crippen molar-refractivity contribution < 1.29 is 18.4 Å². The number of carbonyl (C=O) groups is 1. The van der Waals surface area contributed by atoms with Crippen molar-refractivity contribution in [1.82, 2.24) is 9.55 Å². The van der Waals surface area contributed by atoms with Crippen LogP contribution in [0.15, 0.2) is 71.1 Å². The minimum atomic E-state index is -0.743. The Bertz CT molecular complexity index is 1620. The number of aromatic nitrogens is 2. The zero-order chi connectivity index (χ0) is 24.0. The average molecular weight is 587 g/mol. The fourth-order valence-corrected chi connectivity index (χ4v) is 4.91. The van der Waals surface area contributed by atoms with E-state index in [9.17, 15) is 9.59 Å². The van der Waals surface area contributed by atoms with Crippen molar-refractivity contribution in [3.8, 4) is 5.88 Å². The summed E-state index contributed by atoms with van der Waals surface area (Å²) in [6, 6.07) is 14.7. The number of oxazole rings is 2. The van der Waals surface area contributed by atoms with E-state index in [0.717, 1.165) is 14.5 Å². The molecule has 1 aliphatic rings. The molecule has 0 amide bonds. The first kappa shape index (κ1) is 22.4. The highest BCUT2D eigenvalue weighted by atomic mass is 79.9. The second-order valence-electron chi connectivity index (χ2n) is 7.41. The maximum absolute atomic E-state index is 13.2. The highest BCUT2D eigenvalue weighted by Crippen LogP contribution is 2.41. The number of carbonyl (C=O) groups excluding carboxylic acids is 1. The molecule has 0 radical (unpaired) electrons. The van der Waals surface area contributed by atoms with Gasteiger partial charge in [-0.3, -0.25) is 0 Å². The second-order valence-corrected chi connectivity index (χ2v) is 9.12. The van der Waals surface area contributed by atoms with Gasteiger partial charge in [0.05, 0.1) is 12.5 Å². The number of esters is 1. The summed E-state index contributed by atoms with van der Waals surface area (Å²) in [5, 5.41) is 0.145. The molecule has 0 bridgehead atoms. The minimum absolute atomic E-state index is 0.00570. The van der Waals surface area contributed by atoms with E-state index in [4.69, 9.17) is 19.3 Å². The summed E-state index contributed by atoms with van der Waals surface area (Å²) in [4.78, 5) is 30.7. The van der Waals surface area contributed by atoms with Crippen LogP contribution in [0.3, 0.4) is 0 Å². The molecule has 0 saturated carbocycles. The maximum atomic E-state index is 13.2. The van der Waals surface area contributed by atoms with Crippen LogP contribution >= 0.6 is 31.9 Å². The van der Waals surface area contributed by atoms with Gasteiger partial charge in [-0.15, -0.1) is 0 Å². The summed E-state index contributed by atoms with van der Waals surface area (Å²) in [5.41, 5.74) is 7.24. The van der Waals surface area contributed by atoms with Gasteiger partial charge in [0.15, 0.2) is 0 Å². The predicted molar refractivity (Wildman–Crippen MR) is 132 cm³/mol. The number of halogens is 2. The fourth-order valence-electron chi connectivity index (χ4n) is 4.00. The van der Waals surface area contributed by atoms with E-state index >= 15 is 0 Å². The topological polar surface area (TPSA) is 113 Å². The lowest BCUT2D eigenvalue weighted by molar-refractivity contribution is -0.136. The smallest absolute Gasteiger partial charge is 0.362 e. The molecule has 8 nitrogen and oxygen atoms in total. The molecule has 172 valence electrons. The fraction of sp³-hybridized carbons (Fsp3) is 0.125. The quantitative estimate of drug-likeness (QED) is 0.365. The van der Waals surface area contributed by atoms with E-state index in [-0.39, 0.29) is 35.0 Å². The average Bonchev–Trinajstić information content (AvgIpc) is 3.34. The third kappa shape index (κ3) is 3.63. The molecule has 4 aromatic rings. The number of nitrogens with two attached hydrogens (primary N) is 1. The van der Waals surface area contributed by atoms with Crippen molar-refractivity contribution in [3.05, 3.63) is 95.6 Å². The third-order valence-corrected chi connectivity index (χ3v) is 6.84. The zero-order valence-electron chi connectivity index (χ0n) is 17.7. The van der Waals surface area contributed by atoms with E-state index in [0.29, 0.717) is 11.3 Å². The van der Waals surface area contributed by atoms with Crippen LogP contribution < -0.4 is 22.3 Å². The number of nitrogens with zero attached hydrogens (tertiary/aromatic N) is 2. The maximum Gasteiger partial charge on any atom is 0.362 e. The van der Waals surface area contributed by atoms with Gasteiger partial charge in [0.25, 0.3) is 6.01 Å². The SMILES string of the molecule is CCOC(=O)C1=c2oc(=O)/c(=C\c3ccccc3Br)n2-c2oc(N)nc2[C@@H]1c1ccccc1Br. The molecule has 1 atom stereocenters. The van der Waals surface area contributed by atoms with Crippen molar-refractivity contribution in [2.45, 2.75) is 12.8 Å². The largest absolute Gasteiger partial charge is 0.462 e. The molecule has 10 heteroatoms. The summed E-state index contributed by atoms with van der Waals surface area (Å²) in [6.45, 7) is 1.84. The van der Waals surface area contributed by atoms with Gasteiger partial charge in [0.1, 0.15) is 16.6 Å². The van der Waals surface area contributed by atoms with Gasteiger partial charge in [-0.2, -0.15) is 4.98 Å². The molecule has 0 spiro atoms. The monoisotopic (exact) mass is 585 g/mol.